The summed E-state index contributed by atoms with van der Waals surface area (Å²) in [6.07, 6.45) is -1.02. The number of nitrogens with one attached hydrogen (secondary N) is 2. The van der Waals surface area contributed by atoms with Gasteiger partial charge < -0.3 is 20.1 Å². The van der Waals surface area contributed by atoms with E-state index >= 15 is 0 Å². The number of amides is 2. The largest absolute Gasteiger partial charge is 0.495 e. The summed E-state index contributed by atoms with van der Waals surface area (Å²) < 4.78 is 10.4. The number of anilines is 2. The molecule has 0 spiro atoms. The van der Waals surface area contributed by atoms with Gasteiger partial charge >= 0.3 is 5.97 Å². The van der Waals surface area contributed by atoms with Crippen molar-refractivity contribution in [2.45, 2.75) is 20.0 Å². The quantitative estimate of drug-likeness (QED) is 0.776. The minimum absolute atomic E-state index is 0.230. The monoisotopic (exact) mass is 356 g/mol. The van der Waals surface area contributed by atoms with Crippen molar-refractivity contribution < 1.29 is 23.9 Å². The lowest BCUT2D eigenvalue weighted by atomic mass is 10.2. The van der Waals surface area contributed by atoms with Crippen molar-refractivity contribution in [3.05, 3.63) is 54.1 Å². The van der Waals surface area contributed by atoms with Crippen LogP contribution in [0.25, 0.3) is 0 Å². The van der Waals surface area contributed by atoms with Crippen molar-refractivity contribution >= 4 is 29.2 Å². The molecule has 0 aliphatic heterocycles. The third-order valence-corrected chi connectivity index (χ3v) is 3.44. The summed E-state index contributed by atoms with van der Waals surface area (Å²) in [6.45, 7) is 2.84. The molecule has 0 aliphatic rings. The number of hydrogen-bond acceptors (Lipinski definition) is 5. The standard InChI is InChI=1S/C19H20N2O5/c1-12(18(23)21-16-9-4-5-10-17(16)25-3)26-19(24)14-7-6-8-15(11-14)20-13(2)22/h4-12H,1-3H3,(H,20,22)(H,21,23)/t12-/m1/s1. The van der Waals surface area contributed by atoms with Crippen molar-refractivity contribution in [2.24, 2.45) is 0 Å². The fourth-order valence-electron chi connectivity index (χ4n) is 2.19. The number of carbonyl (C=O) groups is 3. The molecule has 2 aromatic carbocycles. The summed E-state index contributed by atoms with van der Waals surface area (Å²) in [5, 5.41) is 5.24. The van der Waals surface area contributed by atoms with Gasteiger partial charge in [0.1, 0.15) is 5.75 Å². The first-order valence-corrected chi connectivity index (χ1v) is 7.93. The highest BCUT2D eigenvalue weighted by molar-refractivity contribution is 5.98. The molecule has 0 bridgehead atoms. The van der Waals surface area contributed by atoms with Crippen molar-refractivity contribution in [1.29, 1.82) is 0 Å². The summed E-state index contributed by atoms with van der Waals surface area (Å²) in [7, 11) is 1.50. The molecule has 0 fully saturated rings. The van der Waals surface area contributed by atoms with E-state index < -0.39 is 18.0 Å². The topological polar surface area (TPSA) is 93.7 Å². The Morgan fingerprint density at radius 3 is 2.42 bits per heavy atom. The van der Waals surface area contributed by atoms with Crippen molar-refractivity contribution in [3.63, 3.8) is 0 Å². The van der Waals surface area contributed by atoms with Crippen LogP contribution in [0.15, 0.2) is 48.5 Å². The zero-order valence-electron chi connectivity index (χ0n) is 14.7. The molecule has 0 aliphatic carbocycles. The van der Waals surface area contributed by atoms with Crippen LogP contribution in [0.5, 0.6) is 5.75 Å². The molecule has 0 unspecified atom stereocenters. The lowest BCUT2D eigenvalue weighted by molar-refractivity contribution is -0.123. The molecule has 0 saturated heterocycles. The van der Waals surface area contributed by atoms with Gasteiger partial charge in [0.2, 0.25) is 5.91 Å². The number of benzene rings is 2. The Morgan fingerprint density at radius 2 is 1.73 bits per heavy atom. The summed E-state index contributed by atoms with van der Waals surface area (Å²) in [6, 6.07) is 13.2. The molecular formula is C19H20N2O5. The number of para-hydroxylation sites is 2. The number of esters is 1. The van der Waals surface area contributed by atoms with Gasteiger partial charge in [-0.2, -0.15) is 0 Å². The van der Waals surface area contributed by atoms with Gasteiger partial charge in [-0.3, -0.25) is 9.59 Å². The van der Waals surface area contributed by atoms with Gasteiger partial charge in [-0.1, -0.05) is 18.2 Å². The van der Waals surface area contributed by atoms with Crippen molar-refractivity contribution in [1.82, 2.24) is 0 Å². The van der Waals surface area contributed by atoms with E-state index in [0.717, 1.165) is 0 Å². The molecule has 7 heteroatoms. The number of rotatable bonds is 6. The molecule has 2 N–H and O–H groups in total. The molecule has 7 nitrogen and oxygen atoms in total. The normalized spacial score (nSPS) is 11.2. The van der Waals surface area contributed by atoms with Crippen LogP contribution in [0.2, 0.25) is 0 Å². The summed E-state index contributed by atoms with van der Waals surface area (Å²) in [4.78, 5) is 35.6. The lowest BCUT2D eigenvalue weighted by Gasteiger charge is -2.15. The van der Waals surface area contributed by atoms with E-state index in [1.54, 1.807) is 42.5 Å². The maximum atomic E-state index is 12.3. The number of carbonyl (C=O) groups excluding carboxylic acids is 3. The molecule has 2 amide bonds. The molecule has 0 radical (unpaired) electrons. The number of methoxy groups -OCH3 is 1. The van der Waals surface area contributed by atoms with Crippen molar-refractivity contribution in [3.8, 4) is 5.75 Å². The Kier molecular flexibility index (Phi) is 6.32. The maximum absolute atomic E-state index is 12.3. The Morgan fingerprint density at radius 1 is 1.00 bits per heavy atom. The fourth-order valence-corrected chi connectivity index (χ4v) is 2.19. The molecule has 0 aromatic heterocycles. The average Bonchev–Trinajstić information content (AvgIpc) is 2.61. The van der Waals surface area contributed by atoms with Crippen LogP contribution in [0.4, 0.5) is 11.4 Å². The van der Waals surface area contributed by atoms with Gasteiger partial charge in [0.15, 0.2) is 6.10 Å². The van der Waals surface area contributed by atoms with Gasteiger partial charge in [-0.15, -0.1) is 0 Å². The Balaban J connectivity index is 2.02. The van der Waals surface area contributed by atoms with E-state index in [9.17, 15) is 14.4 Å². The zero-order chi connectivity index (χ0) is 19.1. The van der Waals surface area contributed by atoms with Crippen LogP contribution in [0.3, 0.4) is 0 Å². The summed E-state index contributed by atoms with van der Waals surface area (Å²) in [5.74, 6) is -0.900. The molecular weight excluding hydrogens is 336 g/mol. The Hall–Kier alpha value is -3.35. The van der Waals surface area contributed by atoms with E-state index in [1.165, 1.54) is 27.0 Å². The van der Waals surface area contributed by atoms with Gasteiger partial charge in [-0.25, -0.2) is 4.79 Å². The van der Waals surface area contributed by atoms with E-state index in [-0.39, 0.29) is 11.5 Å². The van der Waals surface area contributed by atoms with Crippen LogP contribution >= 0.6 is 0 Å². The van der Waals surface area contributed by atoms with E-state index in [2.05, 4.69) is 10.6 Å². The fraction of sp³-hybridized carbons (Fsp3) is 0.211. The second-order valence-corrected chi connectivity index (χ2v) is 5.50. The van der Waals surface area contributed by atoms with Crippen molar-refractivity contribution in [2.75, 3.05) is 17.7 Å². The van der Waals surface area contributed by atoms with Gasteiger partial charge in [0.05, 0.1) is 18.4 Å². The van der Waals surface area contributed by atoms with Gasteiger partial charge in [-0.05, 0) is 37.3 Å². The lowest BCUT2D eigenvalue weighted by Crippen LogP contribution is -2.30. The zero-order valence-corrected chi connectivity index (χ0v) is 14.7. The highest BCUT2D eigenvalue weighted by Gasteiger charge is 2.20. The summed E-state index contributed by atoms with van der Waals surface area (Å²) >= 11 is 0. The highest BCUT2D eigenvalue weighted by Crippen LogP contribution is 2.23. The van der Waals surface area contributed by atoms with E-state index in [1.807, 2.05) is 0 Å². The van der Waals surface area contributed by atoms with Crippen LogP contribution in [0.1, 0.15) is 24.2 Å². The molecule has 26 heavy (non-hydrogen) atoms. The smallest absolute Gasteiger partial charge is 0.338 e. The first-order valence-electron chi connectivity index (χ1n) is 7.93. The SMILES string of the molecule is COc1ccccc1NC(=O)[C@@H](C)OC(=O)c1cccc(NC(C)=O)c1. The minimum atomic E-state index is -1.02. The number of ether oxygens (including phenoxy) is 2. The van der Waals surface area contributed by atoms with Crippen LogP contribution < -0.4 is 15.4 Å². The first-order chi connectivity index (χ1) is 12.4. The Labute approximate surface area is 151 Å². The minimum Gasteiger partial charge on any atom is -0.495 e. The first kappa shape index (κ1) is 19.0. The molecule has 136 valence electrons. The van der Waals surface area contributed by atoms with Crippen LogP contribution in [-0.4, -0.2) is 31.0 Å². The second kappa shape index (κ2) is 8.66. The predicted molar refractivity (Wildman–Crippen MR) is 97.2 cm³/mol. The molecule has 1 atom stereocenters. The summed E-state index contributed by atoms with van der Waals surface area (Å²) in [5.41, 5.74) is 1.18. The maximum Gasteiger partial charge on any atom is 0.338 e. The van der Waals surface area contributed by atoms with Crippen LogP contribution in [-0.2, 0) is 14.3 Å². The van der Waals surface area contributed by atoms with Crippen LogP contribution in [0, 0.1) is 0 Å². The molecule has 2 aromatic rings. The average molecular weight is 356 g/mol. The molecule has 0 saturated carbocycles. The van der Waals surface area contributed by atoms with E-state index in [0.29, 0.717) is 17.1 Å². The number of hydrogen-bond donors (Lipinski definition) is 2. The predicted octanol–water partition coefficient (Wildman–Crippen LogP) is 2.84. The van der Waals surface area contributed by atoms with Gasteiger partial charge in [0, 0.05) is 12.6 Å². The molecule has 2 rings (SSSR count). The molecule has 0 heterocycles. The third-order valence-electron chi connectivity index (χ3n) is 3.44. The Bertz CT molecular complexity index is 819. The van der Waals surface area contributed by atoms with Gasteiger partial charge in [0.25, 0.3) is 5.91 Å². The third kappa shape index (κ3) is 5.07. The van der Waals surface area contributed by atoms with E-state index in [4.69, 9.17) is 9.47 Å². The second-order valence-electron chi connectivity index (χ2n) is 5.50. The highest BCUT2D eigenvalue weighted by atomic mass is 16.5.